The monoisotopic (exact) mass is 414 g/mol. The summed E-state index contributed by atoms with van der Waals surface area (Å²) in [6, 6.07) is 26.6. The third-order valence-electron chi connectivity index (χ3n) is 6.05. The maximum Gasteiger partial charge on any atom is 0.131 e. The molecular weight excluding hydrogens is 386 g/mol. The highest BCUT2D eigenvalue weighted by molar-refractivity contribution is 5.83. The van der Waals surface area contributed by atoms with Crippen LogP contribution in [0.15, 0.2) is 84.9 Å². The summed E-state index contributed by atoms with van der Waals surface area (Å²) in [6.45, 7) is 2.20. The normalized spacial score (nSPS) is 12.2. The molecule has 0 spiro atoms. The first-order valence-electron chi connectivity index (χ1n) is 11.2. The van der Waals surface area contributed by atoms with E-state index in [0.29, 0.717) is 11.1 Å². The fraction of sp³-hybridized carbons (Fsp3) is 0.241. The van der Waals surface area contributed by atoms with Gasteiger partial charge in [-0.15, -0.1) is 0 Å². The second-order valence-electron chi connectivity index (χ2n) is 8.33. The molecule has 0 saturated heterocycles. The lowest BCUT2D eigenvalue weighted by Crippen LogP contribution is -2.05. The summed E-state index contributed by atoms with van der Waals surface area (Å²) >= 11 is 0. The van der Waals surface area contributed by atoms with Crippen LogP contribution in [0.4, 0.5) is 8.78 Å². The van der Waals surface area contributed by atoms with Crippen molar-refractivity contribution in [3.8, 4) is 11.1 Å². The van der Waals surface area contributed by atoms with E-state index >= 15 is 4.39 Å². The first-order chi connectivity index (χ1) is 15.1. The molecule has 1 atom stereocenters. The zero-order valence-corrected chi connectivity index (χ0v) is 18.0. The van der Waals surface area contributed by atoms with E-state index < -0.39 is 0 Å². The molecule has 0 aliphatic carbocycles. The highest BCUT2D eigenvalue weighted by Crippen LogP contribution is 2.32. The lowest BCUT2D eigenvalue weighted by Gasteiger charge is -2.19. The van der Waals surface area contributed by atoms with E-state index in [9.17, 15) is 4.39 Å². The maximum atomic E-state index is 15.0. The Kier molecular flexibility index (Phi) is 6.76. The molecular formula is C29H28F2. The molecule has 0 aromatic heterocycles. The van der Waals surface area contributed by atoms with Crippen molar-refractivity contribution < 1.29 is 8.78 Å². The molecule has 0 aliphatic rings. The van der Waals surface area contributed by atoms with E-state index in [1.54, 1.807) is 24.3 Å². The number of hydrogen-bond acceptors (Lipinski definition) is 0. The Bertz CT molecular complexity index is 1160. The number of unbranched alkanes of at least 4 members (excludes halogenated alkanes) is 2. The fourth-order valence-electron chi connectivity index (χ4n) is 4.35. The Morgan fingerprint density at radius 1 is 0.742 bits per heavy atom. The van der Waals surface area contributed by atoms with Crippen molar-refractivity contribution in [2.24, 2.45) is 0 Å². The fourth-order valence-corrected chi connectivity index (χ4v) is 4.35. The molecule has 0 saturated carbocycles. The van der Waals surface area contributed by atoms with E-state index in [4.69, 9.17) is 0 Å². The molecule has 0 bridgehead atoms. The van der Waals surface area contributed by atoms with Gasteiger partial charge in [0, 0.05) is 5.56 Å². The molecule has 4 rings (SSSR count). The average Bonchev–Trinajstić information content (AvgIpc) is 2.78. The standard InChI is InChI=1S/C29H28F2/c1-2-3-4-9-24(18-21-13-14-22-8-5-6-10-23(22)17-21)25-15-16-28(29(31)20-25)26-11-7-12-27(30)19-26/h5-8,10-17,19-20,24H,2-4,9,18H2,1H3. The van der Waals surface area contributed by atoms with Crippen LogP contribution in [0.2, 0.25) is 0 Å². The molecule has 4 aromatic carbocycles. The van der Waals surface area contributed by atoms with Gasteiger partial charge in [-0.1, -0.05) is 92.9 Å². The van der Waals surface area contributed by atoms with Crippen LogP contribution in [0.1, 0.15) is 49.7 Å². The van der Waals surface area contributed by atoms with Crippen molar-refractivity contribution in [1.29, 1.82) is 0 Å². The Morgan fingerprint density at radius 2 is 1.58 bits per heavy atom. The third-order valence-corrected chi connectivity index (χ3v) is 6.05. The van der Waals surface area contributed by atoms with Crippen molar-refractivity contribution >= 4 is 10.8 Å². The molecule has 0 fully saturated rings. The van der Waals surface area contributed by atoms with Gasteiger partial charge in [0.1, 0.15) is 11.6 Å². The smallest absolute Gasteiger partial charge is 0.131 e. The Morgan fingerprint density at radius 3 is 2.35 bits per heavy atom. The second kappa shape index (κ2) is 9.87. The van der Waals surface area contributed by atoms with Crippen LogP contribution in [0.3, 0.4) is 0 Å². The molecule has 0 amide bonds. The Balaban J connectivity index is 1.62. The SMILES string of the molecule is CCCCCC(Cc1ccc2ccccc2c1)c1ccc(-c2cccc(F)c2)c(F)c1. The molecule has 0 aliphatic heterocycles. The van der Waals surface area contributed by atoms with Gasteiger partial charge in [0.2, 0.25) is 0 Å². The first-order valence-corrected chi connectivity index (χ1v) is 11.2. The van der Waals surface area contributed by atoms with Gasteiger partial charge in [-0.2, -0.15) is 0 Å². The van der Waals surface area contributed by atoms with Gasteiger partial charge in [0.15, 0.2) is 0 Å². The molecule has 0 N–H and O–H groups in total. The van der Waals surface area contributed by atoms with E-state index in [2.05, 4.69) is 49.4 Å². The molecule has 1 unspecified atom stereocenters. The van der Waals surface area contributed by atoms with Gasteiger partial charge >= 0.3 is 0 Å². The minimum Gasteiger partial charge on any atom is -0.207 e. The predicted molar refractivity (Wildman–Crippen MR) is 126 cm³/mol. The van der Waals surface area contributed by atoms with Gasteiger partial charge < -0.3 is 0 Å². The maximum absolute atomic E-state index is 15.0. The van der Waals surface area contributed by atoms with E-state index in [0.717, 1.165) is 31.2 Å². The van der Waals surface area contributed by atoms with Crippen LogP contribution in [-0.2, 0) is 6.42 Å². The second-order valence-corrected chi connectivity index (χ2v) is 8.33. The molecule has 4 aromatic rings. The van der Waals surface area contributed by atoms with Crippen LogP contribution in [0.5, 0.6) is 0 Å². The number of fused-ring (bicyclic) bond motifs is 1. The molecule has 31 heavy (non-hydrogen) atoms. The topological polar surface area (TPSA) is 0 Å². The summed E-state index contributed by atoms with van der Waals surface area (Å²) in [5, 5.41) is 2.47. The van der Waals surface area contributed by atoms with Crippen molar-refractivity contribution in [3.05, 3.63) is 108 Å². The van der Waals surface area contributed by atoms with Crippen LogP contribution in [-0.4, -0.2) is 0 Å². The van der Waals surface area contributed by atoms with E-state index in [1.807, 2.05) is 6.07 Å². The van der Waals surface area contributed by atoms with Gasteiger partial charge in [0.25, 0.3) is 0 Å². The summed E-state index contributed by atoms with van der Waals surface area (Å²) in [6.07, 6.45) is 5.38. The van der Waals surface area contributed by atoms with Crippen LogP contribution < -0.4 is 0 Å². The average molecular weight is 415 g/mol. The van der Waals surface area contributed by atoms with Crippen LogP contribution >= 0.6 is 0 Å². The van der Waals surface area contributed by atoms with Gasteiger partial charge in [0.05, 0.1) is 0 Å². The van der Waals surface area contributed by atoms with Crippen LogP contribution in [0.25, 0.3) is 21.9 Å². The third kappa shape index (κ3) is 5.19. The number of rotatable bonds is 8. The minimum absolute atomic E-state index is 0.253. The lowest BCUT2D eigenvalue weighted by atomic mass is 9.86. The Hall–Kier alpha value is -3.00. The zero-order valence-electron chi connectivity index (χ0n) is 18.0. The van der Waals surface area contributed by atoms with E-state index in [1.165, 1.54) is 34.9 Å². The molecule has 2 heteroatoms. The van der Waals surface area contributed by atoms with Gasteiger partial charge in [-0.05, 0) is 64.4 Å². The van der Waals surface area contributed by atoms with Crippen molar-refractivity contribution in [1.82, 2.24) is 0 Å². The minimum atomic E-state index is -0.352. The Labute approximate surface area is 183 Å². The predicted octanol–water partition coefficient (Wildman–Crippen LogP) is 8.69. The highest BCUT2D eigenvalue weighted by atomic mass is 19.1. The quantitative estimate of drug-likeness (QED) is 0.253. The molecule has 0 nitrogen and oxygen atoms in total. The number of benzene rings is 4. The lowest BCUT2D eigenvalue weighted by molar-refractivity contribution is 0.557. The number of hydrogen-bond donors (Lipinski definition) is 0. The first kappa shape index (κ1) is 21.2. The van der Waals surface area contributed by atoms with Crippen molar-refractivity contribution in [2.45, 2.75) is 44.9 Å². The van der Waals surface area contributed by atoms with Crippen LogP contribution in [0, 0.1) is 11.6 Å². The van der Waals surface area contributed by atoms with Gasteiger partial charge in [-0.25, -0.2) is 8.78 Å². The summed E-state index contributed by atoms with van der Waals surface area (Å²) in [7, 11) is 0. The van der Waals surface area contributed by atoms with Gasteiger partial charge in [-0.3, -0.25) is 0 Å². The molecule has 158 valence electrons. The zero-order chi connectivity index (χ0) is 21.6. The van der Waals surface area contributed by atoms with E-state index in [-0.39, 0.29) is 17.6 Å². The largest absolute Gasteiger partial charge is 0.207 e. The molecule has 0 radical (unpaired) electrons. The van der Waals surface area contributed by atoms with Crippen molar-refractivity contribution in [3.63, 3.8) is 0 Å². The highest BCUT2D eigenvalue weighted by Gasteiger charge is 2.16. The summed E-state index contributed by atoms with van der Waals surface area (Å²) in [5.74, 6) is -0.388. The number of halogens is 2. The summed E-state index contributed by atoms with van der Waals surface area (Å²) in [4.78, 5) is 0. The summed E-state index contributed by atoms with van der Waals surface area (Å²) < 4.78 is 28.6. The van der Waals surface area contributed by atoms with Crippen molar-refractivity contribution in [2.75, 3.05) is 0 Å². The molecule has 0 heterocycles. The summed E-state index contributed by atoms with van der Waals surface area (Å²) in [5.41, 5.74) is 3.30.